The van der Waals surface area contributed by atoms with Gasteiger partial charge in [-0.05, 0) is 30.5 Å². The van der Waals surface area contributed by atoms with Crippen molar-refractivity contribution in [2.45, 2.75) is 38.8 Å². The summed E-state index contributed by atoms with van der Waals surface area (Å²) in [6.07, 6.45) is 2.20. The third-order valence-corrected chi connectivity index (χ3v) is 6.16. The molecule has 1 unspecified atom stereocenters. The first kappa shape index (κ1) is 17.0. The molecule has 1 aromatic carbocycles. The van der Waals surface area contributed by atoms with E-state index in [1.54, 1.807) is 12.1 Å². The Kier molecular flexibility index (Phi) is 4.64. The second kappa shape index (κ2) is 6.57. The monoisotopic (exact) mass is 351 g/mol. The van der Waals surface area contributed by atoms with Crippen LogP contribution in [-0.2, 0) is 22.8 Å². The molecule has 0 radical (unpaired) electrons. The maximum atomic E-state index is 11.8. The lowest BCUT2D eigenvalue weighted by Gasteiger charge is -2.14. The molecule has 0 spiro atoms. The molecule has 0 bridgehead atoms. The van der Waals surface area contributed by atoms with E-state index in [1.165, 1.54) is 6.07 Å². The van der Waals surface area contributed by atoms with E-state index in [2.05, 4.69) is 5.32 Å². The van der Waals surface area contributed by atoms with E-state index >= 15 is 0 Å². The zero-order valence-electron chi connectivity index (χ0n) is 13.5. The van der Waals surface area contributed by atoms with Crippen LogP contribution in [0.1, 0.15) is 30.9 Å². The fourth-order valence-corrected chi connectivity index (χ4v) is 4.89. The predicted octanol–water partition coefficient (Wildman–Crippen LogP) is 1.73. The van der Waals surface area contributed by atoms with Crippen LogP contribution in [0.4, 0.5) is 0 Å². The van der Waals surface area contributed by atoms with E-state index in [1.807, 2.05) is 6.92 Å². The van der Waals surface area contributed by atoms with Crippen molar-refractivity contribution in [1.82, 2.24) is 5.32 Å². The zero-order valence-corrected chi connectivity index (χ0v) is 14.4. The third kappa shape index (κ3) is 3.47. The minimum atomic E-state index is -2.97. The van der Waals surface area contributed by atoms with Gasteiger partial charge in [-0.2, -0.15) is 0 Å². The highest BCUT2D eigenvalue weighted by Gasteiger charge is 2.27. The van der Waals surface area contributed by atoms with Crippen LogP contribution in [0.5, 0.6) is 5.75 Å². The van der Waals surface area contributed by atoms with E-state index in [-0.39, 0.29) is 29.8 Å². The molecule has 7 heteroatoms. The molecule has 1 aliphatic heterocycles. The van der Waals surface area contributed by atoms with Gasteiger partial charge in [-0.15, -0.1) is 0 Å². The average Bonchev–Trinajstić information content (AvgIpc) is 2.85. The predicted molar refractivity (Wildman–Crippen MR) is 92.0 cm³/mol. The molecule has 1 aliphatic rings. The molecule has 1 atom stereocenters. The van der Waals surface area contributed by atoms with Crippen molar-refractivity contribution in [2.75, 3.05) is 11.5 Å². The molecule has 130 valence electrons. The minimum Gasteiger partial charge on any atom is -0.507 e. The number of aryl methyl sites for hydroxylation is 1. The maximum Gasteiger partial charge on any atom is 0.336 e. The van der Waals surface area contributed by atoms with Crippen LogP contribution in [-0.4, -0.2) is 31.1 Å². The zero-order chi connectivity index (χ0) is 17.3. The lowest BCUT2D eigenvalue weighted by atomic mass is 10.0. The Morgan fingerprint density at radius 1 is 1.38 bits per heavy atom. The summed E-state index contributed by atoms with van der Waals surface area (Å²) in [5.74, 6) is 0.318. The van der Waals surface area contributed by atoms with Crippen LogP contribution in [0.25, 0.3) is 11.0 Å². The summed E-state index contributed by atoms with van der Waals surface area (Å²) in [5, 5.41) is 14.1. The molecule has 1 saturated heterocycles. The van der Waals surface area contributed by atoms with Gasteiger partial charge in [0, 0.05) is 24.0 Å². The highest BCUT2D eigenvalue weighted by atomic mass is 32.2. The number of phenols is 1. The van der Waals surface area contributed by atoms with Gasteiger partial charge in [0.05, 0.1) is 17.1 Å². The van der Waals surface area contributed by atoms with Gasteiger partial charge in [-0.25, -0.2) is 13.2 Å². The number of hydrogen-bond acceptors (Lipinski definition) is 6. The molecule has 1 fully saturated rings. The van der Waals surface area contributed by atoms with Gasteiger partial charge in [0.15, 0.2) is 9.84 Å². The number of benzene rings is 1. The van der Waals surface area contributed by atoms with Crippen molar-refractivity contribution in [3.05, 3.63) is 39.7 Å². The number of nitrogens with one attached hydrogen (secondary N) is 1. The van der Waals surface area contributed by atoms with Gasteiger partial charge in [0.1, 0.15) is 11.3 Å². The highest BCUT2D eigenvalue weighted by Crippen LogP contribution is 2.29. The first-order chi connectivity index (χ1) is 11.4. The van der Waals surface area contributed by atoms with Gasteiger partial charge in [-0.3, -0.25) is 0 Å². The van der Waals surface area contributed by atoms with Gasteiger partial charge < -0.3 is 14.8 Å². The Morgan fingerprint density at radius 3 is 2.83 bits per heavy atom. The van der Waals surface area contributed by atoms with Gasteiger partial charge in [0.2, 0.25) is 0 Å². The molecule has 2 heterocycles. The first-order valence-electron chi connectivity index (χ1n) is 8.11. The van der Waals surface area contributed by atoms with Crippen molar-refractivity contribution in [1.29, 1.82) is 0 Å². The van der Waals surface area contributed by atoms with E-state index in [0.29, 0.717) is 17.6 Å². The van der Waals surface area contributed by atoms with Crippen LogP contribution >= 0.6 is 0 Å². The maximum absolute atomic E-state index is 11.8. The molecule has 2 N–H and O–H groups in total. The lowest BCUT2D eigenvalue weighted by Crippen LogP contribution is -2.29. The lowest BCUT2D eigenvalue weighted by molar-refractivity contribution is 0.455. The summed E-state index contributed by atoms with van der Waals surface area (Å²) in [6, 6.07) is 4.69. The molecule has 0 aliphatic carbocycles. The summed E-state index contributed by atoms with van der Waals surface area (Å²) >= 11 is 0. The van der Waals surface area contributed by atoms with Gasteiger partial charge >= 0.3 is 5.63 Å². The van der Waals surface area contributed by atoms with E-state index < -0.39 is 15.5 Å². The third-order valence-electron chi connectivity index (χ3n) is 4.40. The molecule has 2 aromatic rings. The van der Waals surface area contributed by atoms with Crippen LogP contribution in [0.3, 0.4) is 0 Å². The molecule has 0 amide bonds. The number of fused-ring (bicyclic) bond motifs is 1. The normalized spacial score (nSPS) is 19.8. The van der Waals surface area contributed by atoms with E-state index in [9.17, 15) is 18.3 Å². The second-order valence-corrected chi connectivity index (χ2v) is 8.49. The number of rotatable bonds is 5. The standard InChI is InChI=1S/C17H21NO5S/c1-2-3-11-8-16(20)23-17-13(11)4-5-15(19)14(17)9-18-12-6-7-24(21,22)10-12/h4-5,8,12,18-19H,2-3,6-7,9-10H2,1H3. The van der Waals surface area contributed by atoms with Crippen molar-refractivity contribution in [2.24, 2.45) is 0 Å². The van der Waals surface area contributed by atoms with Crippen LogP contribution in [0.2, 0.25) is 0 Å². The molecule has 0 saturated carbocycles. The van der Waals surface area contributed by atoms with Crippen molar-refractivity contribution in [3.8, 4) is 5.75 Å². The summed E-state index contributed by atoms with van der Waals surface area (Å²) in [5.41, 5.74) is 1.32. The van der Waals surface area contributed by atoms with Crippen molar-refractivity contribution in [3.63, 3.8) is 0 Å². The second-order valence-electron chi connectivity index (χ2n) is 6.26. The Balaban J connectivity index is 1.95. The Labute approximate surface area is 140 Å². The molecule has 3 rings (SSSR count). The minimum absolute atomic E-state index is 0.0349. The number of aromatic hydroxyl groups is 1. The first-order valence-corrected chi connectivity index (χ1v) is 9.93. The summed E-state index contributed by atoms with van der Waals surface area (Å²) < 4.78 is 28.4. The summed E-state index contributed by atoms with van der Waals surface area (Å²) in [4.78, 5) is 11.8. The number of phenolic OH excluding ortho intramolecular Hbond substituents is 1. The fourth-order valence-electron chi connectivity index (χ4n) is 3.19. The van der Waals surface area contributed by atoms with Gasteiger partial charge in [0.25, 0.3) is 0 Å². The molecule has 6 nitrogen and oxygen atoms in total. The fraction of sp³-hybridized carbons (Fsp3) is 0.471. The van der Waals surface area contributed by atoms with E-state index in [0.717, 1.165) is 23.8 Å². The van der Waals surface area contributed by atoms with Gasteiger partial charge in [-0.1, -0.05) is 13.3 Å². The van der Waals surface area contributed by atoms with Crippen LogP contribution < -0.4 is 10.9 Å². The highest BCUT2D eigenvalue weighted by molar-refractivity contribution is 7.91. The quantitative estimate of drug-likeness (QED) is 0.797. The Hall–Kier alpha value is -1.86. The molecular weight excluding hydrogens is 330 g/mol. The molecular formula is C17H21NO5S. The average molecular weight is 351 g/mol. The topological polar surface area (TPSA) is 96.6 Å². The smallest absolute Gasteiger partial charge is 0.336 e. The SMILES string of the molecule is CCCc1cc(=O)oc2c(CNC3CCS(=O)(=O)C3)c(O)ccc12. The Morgan fingerprint density at radius 2 is 2.17 bits per heavy atom. The van der Waals surface area contributed by atoms with Crippen LogP contribution in [0, 0.1) is 0 Å². The van der Waals surface area contributed by atoms with Crippen molar-refractivity contribution < 1.29 is 17.9 Å². The number of sulfone groups is 1. The summed E-state index contributed by atoms with van der Waals surface area (Å²) in [6.45, 7) is 2.28. The van der Waals surface area contributed by atoms with Crippen LogP contribution in [0.15, 0.2) is 27.4 Å². The Bertz CT molecular complexity index is 916. The van der Waals surface area contributed by atoms with Crippen molar-refractivity contribution >= 4 is 20.8 Å². The molecule has 24 heavy (non-hydrogen) atoms. The molecule has 1 aromatic heterocycles. The largest absolute Gasteiger partial charge is 0.507 e. The summed E-state index contributed by atoms with van der Waals surface area (Å²) in [7, 11) is -2.97. The van der Waals surface area contributed by atoms with E-state index in [4.69, 9.17) is 4.42 Å². The number of hydrogen-bond donors (Lipinski definition) is 2.